The Morgan fingerprint density at radius 3 is 3.15 bits per heavy atom. The van der Waals surface area contributed by atoms with E-state index in [9.17, 15) is 4.79 Å². The molecule has 1 aliphatic rings. The van der Waals surface area contributed by atoms with E-state index < -0.39 is 0 Å². The fourth-order valence-electron chi connectivity index (χ4n) is 2.42. The predicted molar refractivity (Wildman–Crippen MR) is 82.3 cm³/mol. The van der Waals surface area contributed by atoms with Crippen LogP contribution < -0.4 is 4.90 Å². The van der Waals surface area contributed by atoms with Crippen LogP contribution >= 0.6 is 23.1 Å². The molecule has 1 N–H and O–H groups in total. The van der Waals surface area contributed by atoms with Crippen molar-refractivity contribution in [1.29, 1.82) is 0 Å². The van der Waals surface area contributed by atoms with Crippen LogP contribution in [0, 0.1) is 0 Å². The Morgan fingerprint density at radius 2 is 2.35 bits per heavy atom. The van der Waals surface area contributed by atoms with Crippen LogP contribution in [0.2, 0.25) is 0 Å². The SMILES string of the molecule is COC(=O)[C@@H]1C[NH+](Cc2nc3ccccc3s2)CCS1. The van der Waals surface area contributed by atoms with Gasteiger partial charge in [-0.3, -0.25) is 4.79 Å². The number of aromatic nitrogens is 1. The molecule has 0 saturated carbocycles. The fourth-order valence-corrected chi connectivity index (χ4v) is 4.74. The third-order valence-corrected chi connectivity index (χ3v) is 5.69. The van der Waals surface area contributed by atoms with Gasteiger partial charge in [0.2, 0.25) is 0 Å². The van der Waals surface area contributed by atoms with E-state index in [0.717, 1.165) is 35.9 Å². The lowest BCUT2D eigenvalue weighted by atomic mass is 10.3. The van der Waals surface area contributed by atoms with Gasteiger partial charge in [0.25, 0.3) is 0 Å². The zero-order valence-corrected chi connectivity index (χ0v) is 12.9. The second-order valence-corrected chi connectivity index (χ2v) is 7.26. The molecule has 1 aromatic heterocycles. The maximum Gasteiger partial charge on any atom is 0.324 e. The molecule has 1 aromatic carbocycles. The van der Waals surface area contributed by atoms with Crippen LogP contribution in [0.5, 0.6) is 0 Å². The largest absolute Gasteiger partial charge is 0.468 e. The van der Waals surface area contributed by atoms with Gasteiger partial charge in [0.15, 0.2) is 5.25 Å². The van der Waals surface area contributed by atoms with E-state index in [4.69, 9.17) is 4.74 Å². The van der Waals surface area contributed by atoms with Crippen LogP contribution in [-0.4, -0.2) is 42.2 Å². The quantitative estimate of drug-likeness (QED) is 0.858. The molecule has 1 aliphatic heterocycles. The monoisotopic (exact) mass is 309 g/mol. The van der Waals surface area contributed by atoms with E-state index in [-0.39, 0.29) is 11.2 Å². The Labute approximate surface area is 126 Å². The number of carbonyl (C=O) groups excluding carboxylic acids is 1. The highest BCUT2D eigenvalue weighted by molar-refractivity contribution is 8.00. The number of hydrogen-bond donors (Lipinski definition) is 1. The number of hydrogen-bond acceptors (Lipinski definition) is 5. The minimum Gasteiger partial charge on any atom is -0.468 e. The average molecular weight is 309 g/mol. The number of para-hydroxylation sites is 1. The fraction of sp³-hybridized carbons (Fsp3) is 0.429. The van der Waals surface area contributed by atoms with Crippen LogP contribution in [0.25, 0.3) is 10.2 Å². The summed E-state index contributed by atoms with van der Waals surface area (Å²) >= 11 is 3.45. The first-order chi connectivity index (χ1) is 9.76. The van der Waals surface area contributed by atoms with Gasteiger partial charge in [-0.25, -0.2) is 4.98 Å². The molecule has 2 aromatic rings. The van der Waals surface area contributed by atoms with Crippen LogP contribution in [0.3, 0.4) is 0 Å². The summed E-state index contributed by atoms with van der Waals surface area (Å²) in [6.45, 7) is 2.80. The molecular formula is C14H17N2O2S2+. The van der Waals surface area contributed by atoms with E-state index in [1.165, 1.54) is 16.7 Å². The third kappa shape index (κ3) is 2.97. The molecule has 1 saturated heterocycles. The maximum atomic E-state index is 11.6. The Bertz CT molecular complexity index is 581. The summed E-state index contributed by atoms with van der Waals surface area (Å²) in [6.07, 6.45) is 0. The number of nitrogens with zero attached hydrogens (tertiary/aromatic N) is 1. The standard InChI is InChI=1S/C14H16N2O2S2/c1-18-14(17)12-8-16(6-7-19-12)9-13-15-10-4-2-3-5-11(10)20-13/h2-5,12H,6-9H2,1H3/p+1/t12-/m0/s1. The van der Waals surface area contributed by atoms with Crippen LogP contribution in [0.4, 0.5) is 0 Å². The Morgan fingerprint density at radius 1 is 1.50 bits per heavy atom. The van der Waals surface area contributed by atoms with Gasteiger partial charge in [-0.2, -0.15) is 0 Å². The third-order valence-electron chi connectivity index (χ3n) is 3.45. The van der Waals surface area contributed by atoms with Crippen molar-refractivity contribution in [3.63, 3.8) is 0 Å². The number of methoxy groups -OCH3 is 1. The molecule has 2 heterocycles. The van der Waals surface area contributed by atoms with Crippen molar-refractivity contribution in [3.8, 4) is 0 Å². The Kier molecular flexibility index (Phi) is 4.24. The smallest absolute Gasteiger partial charge is 0.324 e. The topological polar surface area (TPSA) is 43.6 Å². The number of benzene rings is 1. The number of thiazole rings is 1. The maximum absolute atomic E-state index is 11.6. The first-order valence-electron chi connectivity index (χ1n) is 6.63. The molecule has 0 spiro atoms. The highest BCUT2D eigenvalue weighted by Gasteiger charge is 2.30. The summed E-state index contributed by atoms with van der Waals surface area (Å²) in [5.74, 6) is 0.900. The van der Waals surface area contributed by atoms with Crippen LogP contribution in [0.1, 0.15) is 5.01 Å². The molecule has 0 radical (unpaired) electrons. The Hall–Kier alpha value is -1.11. The number of thioether (sulfide) groups is 1. The Balaban J connectivity index is 1.69. The molecule has 106 valence electrons. The molecule has 2 atom stereocenters. The van der Waals surface area contributed by atoms with Crippen molar-refractivity contribution in [2.45, 2.75) is 11.8 Å². The first-order valence-corrected chi connectivity index (χ1v) is 8.50. The summed E-state index contributed by atoms with van der Waals surface area (Å²) < 4.78 is 6.08. The van der Waals surface area contributed by atoms with Crippen LogP contribution in [-0.2, 0) is 16.1 Å². The number of esters is 1. The zero-order valence-electron chi connectivity index (χ0n) is 11.3. The normalized spacial score (nSPS) is 22.9. The number of ether oxygens (including phenoxy) is 1. The first kappa shape index (κ1) is 13.9. The van der Waals surface area contributed by atoms with E-state index in [2.05, 4.69) is 11.1 Å². The van der Waals surface area contributed by atoms with E-state index in [0.29, 0.717) is 0 Å². The van der Waals surface area contributed by atoms with Gasteiger partial charge in [-0.15, -0.1) is 23.1 Å². The summed E-state index contributed by atoms with van der Waals surface area (Å²) in [5.41, 5.74) is 1.07. The summed E-state index contributed by atoms with van der Waals surface area (Å²) in [4.78, 5) is 17.7. The summed E-state index contributed by atoms with van der Waals surface area (Å²) in [6, 6.07) is 8.22. The average Bonchev–Trinajstić information content (AvgIpc) is 2.88. The van der Waals surface area contributed by atoms with Gasteiger partial charge < -0.3 is 9.64 Å². The molecule has 20 heavy (non-hydrogen) atoms. The second-order valence-electron chi connectivity index (χ2n) is 4.84. The lowest BCUT2D eigenvalue weighted by Gasteiger charge is -2.27. The second kappa shape index (κ2) is 6.11. The summed E-state index contributed by atoms with van der Waals surface area (Å²) in [5, 5.41) is 1.12. The van der Waals surface area contributed by atoms with Crippen molar-refractivity contribution in [2.24, 2.45) is 0 Å². The molecule has 6 heteroatoms. The predicted octanol–water partition coefficient (Wildman–Crippen LogP) is 0.970. The van der Waals surface area contributed by atoms with Crippen molar-refractivity contribution >= 4 is 39.3 Å². The number of nitrogens with one attached hydrogen (secondary N) is 1. The van der Waals surface area contributed by atoms with Crippen molar-refractivity contribution in [2.75, 3.05) is 26.0 Å². The number of rotatable bonds is 3. The number of fused-ring (bicyclic) bond motifs is 1. The molecule has 1 unspecified atom stereocenters. The highest BCUT2D eigenvalue weighted by atomic mass is 32.2. The zero-order chi connectivity index (χ0) is 13.9. The summed E-state index contributed by atoms with van der Waals surface area (Å²) in [7, 11) is 1.46. The van der Waals surface area contributed by atoms with Gasteiger partial charge in [-0.05, 0) is 12.1 Å². The molecular weight excluding hydrogens is 292 g/mol. The van der Waals surface area contributed by atoms with Gasteiger partial charge in [-0.1, -0.05) is 12.1 Å². The van der Waals surface area contributed by atoms with E-state index in [1.54, 1.807) is 23.1 Å². The van der Waals surface area contributed by atoms with Gasteiger partial charge in [0, 0.05) is 5.75 Å². The van der Waals surface area contributed by atoms with Gasteiger partial charge in [0.1, 0.15) is 18.1 Å². The molecule has 4 nitrogen and oxygen atoms in total. The number of carbonyl (C=O) groups is 1. The van der Waals surface area contributed by atoms with Crippen molar-refractivity contribution < 1.29 is 14.4 Å². The number of quaternary nitrogens is 1. The lowest BCUT2D eigenvalue weighted by molar-refractivity contribution is -0.911. The molecule has 1 fully saturated rings. The van der Waals surface area contributed by atoms with Gasteiger partial charge in [0.05, 0.1) is 23.9 Å². The molecule has 0 bridgehead atoms. The highest BCUT2D eigenvalue weighted by Crippen LogP contribution is 2.21. The minimum absolute atomic E-state index is 0.0295. The van der Waals surface area contributed by atoms with E-state index >= 15 is 0 Å². The van der Waals surface area contributed by atoms with E-state index in [1.807, 2.05) is 18.2 Å². The van der Waals surface area contributed by atoms with Crippen LogP contribution in [0.15, 0.2) is 24.3 Å². The van der Waals surface area contributed by atoms with Gasteiger partial charge >= 0.3 is 5.97 Å². The molecule has 0 amide bonds. The van der Waals surface area contributed by atoms with Crippen molar-refractivity contribution in [3.05, 3.63) is 29.3 Å². The van der Waals surface area contributed by atoms with Crippen molar-refractivity contribution in [1.82, 2.24) is 4.98 Å². The minimum atomic E-state index is -0.100. The molecule has 3 rings (SSSR count). The molecule has 0 aliphatic carbocycles. The lowest BCUT2D eigenvalue weighted by Crippen LogP contribution is -3.13.